The maximum atomic E-state index is 12.7. The Hall–Kier alpha value is -3.35. The van der Waals surface area contributed by atoms with Crippen molar-refractivity contribution in [2.24, 2.45) is 0 Å². The Kier molecular flexibility index (Phi) is 9.08. The summed E-state index contributed by atoms with van der Waals surface area (Å²) in [4.78, 5) is 37.8. The van der Waals surface area contributed by atoms with Gasteiger partial charge in [-0.2, -0.15) is 0 Å². The zero-order valence-electron chi connectivity index (χ0n) is 20.0. The summed E-state index contributed by atoms with van der Waals surface area (Å²) in [5, 5.41) is 11.8. The van der Waals surface area contributed by atoms with Crippen molar-refractivity contribution < 1.29 is 24.2 Å². The molecule has 34 heavy (non-hydrogen) atoms. The van der Waals surface area contributed by atoms with E-state index in [-0.39, 0.29) is 43.9 Å². The van der Waals surface area contributed by atoms with E-state index in [4.69, 9.17) is 9.84 Å². The lowest BCUT2D eigenvalue weighted by Crippen LogP contribution is -2.41. The molecule has 0 saturated heterocycles. The second kappa shape index (κ2) is 12.2. The van der Waals surface area contributed by atoms with Crippen LogP contribution in [0.4, 0.5) is 4.79 Å². The molecule has 0 aromatic heterocycles. The van der Waals surface area contributed by atoms with Gasteiger partial charge in [0.05, 0.1) is 6.42 Å². The van der Waals surface area contributed by atoms with Crippen LogP contribution in [0.15, 0.2) is 48.5 Å². The highest BCUT2D eigenvalue weighted by Crippen LogP contribution is 2.44. The number of alkyl carbamates (subject to hydrolysis) is 1. The van der Waals surface area contributed by atoms with E-state index in [0.717, 1.165) is 24.0 Å². The van der Waals surface area contributed by atoms with Crippen molar-refractivity contribution in [3.8, 4) is 11.1 Å². The third-order valence-electron chi connectivity index (χ3n) is 6.32. The molecule has 0 spiro atoms. The van der Waals surface area contributed by atoms with Gasteiger partial charge in [-0.15, -0.1) is 0 Å². The first-order valence-corrected chi connectivity index (χ1v) is 12.1. The Bertz CT molecular complexity index is 961. The highest BCUT2D eigenvalue weighted by Gasteiger charge is 2.29. The van der Waals surface area contributed by atoms with E-state index in [1.54, 1.807) is 0 Å². The molecule has 2 aromatic rings. The average Bonchev–Trinajstić information content (AvgIpc) is 3.15. The first-order valence-electron chi connectivity index (χ1n) is 12.1. The van der Waals surface area contributed by atoms with Gasteiger partial charge in [0.25, 0.3) is 0 Å². The molecule has 1 aliphatic rings. The third-order valence-corrected chi connectivity index (χ3v) is 6.32. The number of rotatable bonds is 12. The van der Waals surface area contributed by atoms with E-state index in [1.165, 1.54) is 16.0 Å². The Morgan fingerprint density at radius 1 is 1.03 bits per heavy atom. The Labute approximate surface area is 201 Å². The summed E-state index contributed by atoms with van der Waals surface area (Å²) in [7, 11) is 0. The molecule has 3 rings (SSSR count). The summed E-state index contributed by atoms with van der Waals surface area (Å²) >= 11 is 0. The van der Waals surface area contributed by atoms with Crippen LogP contribution in [0.25, 0.3) is 11.1 Å². The number of amides is 2. The molecule has 0 heterocycles. The second-order valence-electron chi connectivity index (χ2n) is 8.63. The number of carboxylic acids is 1. The topological polar surface area (TPSA) is 95.9 Å². The molecule has 0 radical (unpaired) electrons. The summed E-state index contributed by atoms with van der Waals surface area (Å²) < 4.78 is 5.64. The van der Waals surface area contributed by atoms with Gasteiger partial charge in [-0.1, -0.05) is 68.3 Å². The van der Waals surface area contributed by atoms with Gasteiger partial charge in [0.1, 0.15) is 6.61 Å². The number of carbonyl (C=O) groups is 3. The highest BCUT2D eigenvalue weighted by atomic mass is 16.5. The molecule has 182 valence electrons. The fraction of sp³-hybridized carbons (Fsp3) is 0.444. The van der Waals surface area contributed by atoms with Crippen LogP contribution in [0.2, 0.25) is 0 Å². The number of nitrogens with zero attached hydrogens (tertiary/aromatic N) is 1. The van der Waals surface area contributed by atoms with Crippen LogP contribution >= 0.6 is 0 Å². The van der Waals surface area contributed by atoms with Crippen LogP contribution in [0, 0.1) is 0 Å². The molecular formula is C27H34N2O5. The number of carboxylic acid groups (broad SMARTS) is 1. The number of nitrogens with one attached hydrogen (secondary N) is 1. The third kappa shape index (κ3) is 6.37. The molecule has 2 amide bonds. The maximum absolute atomic E-state index is 12.7. The SMILES string of the molecule is CCCC[C@@H](CC(=O)N(CC)CCC(=O)O)NC(=O)OCC1c2ccccc2-c2ccccc21. The fourth-order valence-electron chi connectivity index (χ4n) is 4.51. The molecule has 0 aliphatic heterocycles. The van der Waals surface area contributed by atoms with E-state index in [1.807, 2.05) is 31.2 Å². The molecule has 7 heteroatoms. The van der Waals surface area contributed by atoms with Crippen molar-refractivity contribution in [2.45, 2.75) is 57.9 Å². The minimum absolute atomic E-state index is 0.0273. The number of ether oxygens (including phenoxy) is 1. The van der Waals surface area contributed by atoms with Crippen molar-refractivity contribution in [2.75, 3.05) is 19.7 Å². The minimum Gasteiger partial charge on any atom is -0.481 e. The lowest BCUT2D eigenvalue weighted by Gasteiger charge is -2.24. The zero-order chi connectivity index (χ0) is 24.5. The second-order valence-corrected chi connectivity index (χ2v) is 8.63. The summed E-state index contributed by atoms with van der Waals surface area (Å²) in [6.07, 6.45) is 1.94. The predicted molar refractivity (Wildman–Crippen MR) is 131 cm³/mol. The first kappa shape index (κ1) is 25.3. The van der Waals surface area contributed by atoms with E-state index in [2.05, 4.69) is 36.5 Å². The predicted octanol–water partition coefficient (Wildman–Crippen LogP) is 4.80. The van der Waals surface area contributed by atoms with E-state index in [0.29, 0.717) is 13.0 Å². The molecule has 2 N–H and O–H groups in total. The van der Waals surface area contributed by atoms with Crippen molar-refractivity contribution in [1.29, 1.82) is 0 Å². The monoisotopic (exact) mass is 466 g/mol. The van der Waals surface area contributed by atoms with Crippen molar-refractivity contribution in [3.63, 3.8) is 0 Å². The number of hydrogen-bond acceptors (Lipinski definition) is 4. The molecule has 7 nitrogen and oxygen atoms in total. The number of fused-ring (bicyclic) bond motifs is 3. The van der Waals surface area contributed by atoms with Crippen LogP contribution < -0.4 is 5.32 Å². The fourth-order valence-corrected chi connectivity index (χ4v) is 4.51. The van der Waals surface area contributed by atoms with E-state index >= 15 is 0 Å². The molecule has 0 saturated carbocycles. The van der Waals surface area contributed by atoms with Gasteiger partial charge in [-0.05, 0) is 35.6 Å². The highest BCUT2D eigenvalue weighted by molar-refractivity contribution is 5.80. The lowest BCUT2D eigenvalue weighted by molar-refractivity contribution is -0.138. The Balaban J connectivity index is 1.61. The van der Waals surface area contributed by atoms with Crippen molar-refractivity contribution in [3.05, 3.63) is 59.7 Å². The standard InChI is InChI=1S/C27H34N2O5/c1-3-5-10-19(17-25(30)29(4-2)16-15-26(31)32)28-27(33)34-18-24-22-13-8-6-11-20(22)21-12-7-9-14-23(21)24/h6-9,11-14,19,24H,3-5,10,15-18H2,1-2H3,(H,28,33)(H,31,32)/t19-/m0/s1. The zero-order valence-corrected chi connectivity index (χ0v) is 20.0. The molecule has 2 aromatic carbocycles. The summed E-state index contributed by atoms with van der Waals surface area (Å²) in [5.41, 5.74) is 4.62. The van der Waals surface area contributed by atoms with Crippen LogP contribution in [-0.4, -0.2) is 53.7 Å². The quantitative estimate of drug-likeness (QED) is 0.469. The molecule has 0 fully saturated rings. The van der Waals surface area contributed by atoms with Crippen molar-refractivity contribution in [1.82, 2.24) is 10.2 Å². The Morgan fingerprint density at radius 2 is 1.65 bits per heavy atom. The maximum Gasteiger partial charge on any atom is 0.407 e. The van der Waals surface area contributed by atoms with Gasteiger partial charge < -0.3 is 20.1 Å². The van der Waals surface area contributed by atoms with Crippen molar-refractivity contribution >= 4 is 18.0 Å². The van der Waals surface area contributed by atoms with Gasteiger partial charge in [0.15, 0.2) is 0 Å². The van der Waals surface area contributed by atoms with Gasteiger partial charge in [0.2, 0.25) is 5.91 Å². The Morgan fingerprint density at radius 3 is 2.21 bits per heavy atom. The first-order chi connectivity index (χ1) is 16.4. The van der Waals surface area contributed by atoms with Crippen LogP contribution in [0.5, 0.6) is 0 Å². The normalized spacial score (nSPS) is 13.0. The van der Waals surface area contributed by atoms with Gasteiger partial charge in [-0.25, -0.2) is 4.79 Å². The molecule has 0 bridgehead atoms. The summed E-state index contributed by atoms with van der Waals surface area (Å²) in [6, 6.07) is 16.0. The number of aliphatic carboxylic acids is 1. The van der Waals surface area contributed by atoms with Crippen LogP contribution in [0.3, 0.4) is 0 Å². The van der Waals surface area contributed by atoms with Crippen LogP contribution in [-0.2, 0) is 14.3 Å². The number of carbonyl (C=O) groups excluding carboxylic acids is 2. The molecule has 1 aliphatic carbocycles. The van der Waals surface area contributed by atoms with Crippen LogP contribution in [0.1, 0.15) is 63.0 Å². The minimum atomic E-state index is -0.939. The number of hydrogen-bond donors (Lipinski definition) is 2. The average molecular weight is 467 g/mol. The number of benzene rings is 2. The van der Waals surface area contributed by atoms with E-state index < -0.39 is 12.1 Å². The summed E-state index contributed by atoms with van der Waals surface area (Å²) in [5.74, 6) is -1.13. The molecule has 0 unspecified atom stereocenters. The molecular weight excluding hydrogens is 432 g/mol. The van der Waals surface area contributed by atoms with E-state index in [9.17, 15) is 14.4 Å². The number of unbranched alkanes of at least 4 members (excludes halogenated alkanes) is 1. The van der Waals surface area contributed by atoms with Gasteiger partial charge >= 0.3 is 12.1 Å². The van der Waals surface area contributed by atoms with Gasteiger partial charge in [0, 0.05) is 31.5 Å². The molecule has 1 atom stereocenters. The van der Waals surface area contributed by atoms with Gasteiger partial charge in [-0.3, -0.25) is 9.59 Å². The smallest absolute Gasteiger partial charge is 0.407 e. The lowest BCUT2D eigenvalue weighted by atomic mass is 9.98. The summed E-state index contributed by atoms with van der Waals surface area (Å²) in [6.45, 7) is 4.68. The largest absolute Gasteiger partial charge is 0.481 e.